The number of halogens is 1. The van der Waals surface area contributed by atoms with Gasteiger partial charge in [-0.1, -0.05) is 29.8 Å². The Morgan fingerprint density at radius 2 is 1.86 bits per heavy atom. The molecule has 2 aliphatic rings. The van der Waals surface area contributed by atoms with Crippen molar-refractivity contribution in [2.45, 2.75) is 26.4 Å². The lowest BCUT2D eigenvalue weighted by Crippen LogP contribution is -2.27. The Labute approximate surface area is 172 Å². The van der Waals surface area contributed by atoms with E-state index >= 15 is 0 Å². The lowest BCUT2D eigenvalue weighted by molar-refractivity contribution is 0.0526. The van der Waals surface area contributed by atoms with Crippen LogP contribution in [-0.4, -0.2) is 37.6 Å². The van der Waals surface area contributed by atoms with Crippen molar-refractivity contribution in [3.63, 3.8) is 0 Å². The first-order valence-electron chi connectivity index (χ1n) is 9.60. The number of likely N-dealkylation sites (tertiary alicyclic amines) is 1. The number of nitrogens with zero attached hydrogens (tertiary/aromatic N) is 1. The standard InChI is InChI=1S/C23H25NO3.ClH/c1-3-26-23(25)17-8-9-21-20(14-17)22(16-10-12-24(2)13-11-16)19-7-5-4-6-18(19)15-27-21;/h4-9,14H,3,10-13,15H2,1-2H3;1H. The fourth-order valence-corrected chi connectivity index (χ4v) is 3.90. The minimum Gasteiger partial charge on any atom is -0.488 e. The molecule has 0 atom stereocenters. The first kappa shape index (κ1) is 20.4. The molecule has 4 rings (SSSR count). The van der Waals surface area contributed by atoms with Gasteiger partial charge >= 0.3 is 5.97 Å². The molecule has 0 unspecified atom stereocenters. The molecule has 0 bridgehead atoms. The zero-order chi connectivity index (χ0) is 18.8. The Morgan fingerprint density at radius 3 is 2.61 bits per heavy atom. The Hall–Kier alpha value is -2.30. The summed E-state index contributed by atoms with van der Waals surface area (Å²) < 4.78 is 11.3. The summed E-state index contributed by atoms with van der Waals surface area (Å²) in [6.45, 7) is 4.84. The number of carbonyl (C=O) groups is 1. The van der Waals surface area contributed by atoms with Gasteiger partial charge in [0.15, 0.2) is 0 Å². The summed E-state index contributed by atoms with van der Waals surface area (Å²) in [5.41, 5.74) is 6.66. The van der Waals surface area contributed by atoms with Crippen molar-refractivity contribution in [1.29, 1.82) is 0 Å². The Balaban J connectivity index is 0.00000225. The second-order valence-electron chi connectivity index (χ2n) is 7.16. The van der Waals surface area contributed by atoms with Crippen LogP contribution in [0.15, 0.2) is 48.0 Å². The Bertz CT molecular complexity index is 896. The molecule has 2 aromatic rings. The predicted octanol–water partition coefficient (Wildman–Crippen LogP) is 4.71. The molecule has 0 amide bonds. The zero-order valence-electron chi connectivity index (χ0n) is 16.4. The lowest BCUT2D eigenvalue weighted by atomic mass is 9.86. The van der Waals surface area contributed by atoms with Crippen LogP contribution in [0.5, 0.6) is 5.75 Å². The number of ether oxygens (including phenoxy) is 2. The molecule has 2 aromatic carbocycles. The number of hydrogen-bond donors (Lipinski definition) is 0. The van der Waals surface area contributed by atoms with Crippen LogP contribution in [0.3, 0.4) is 0 Å². The highest BCUT2D eigenvalue weighted by atomic mass is 35.5. The van der Waals surface area contributed by atoms with Crippen LogP contribution < -0.4 is 4.74 Å². The van der Waals surface area contributed by atoms with Gasteiger partial charge in [-0.25, -0.2) is 4.79 Å². The van der Waals surface area contributed by atoms with Gasteiger partial charge < -0.3 is 14.4 Å². The van der Waals surface area contributed by atoms with E-state index in [0.29, 0.717) is 18.8 Å². The average Bonchev–Trinajstić information content (AvgIpc) is 2.85. The van der Waals surface area contributed by atoms with Crippen molar-refractivity contribution in [3.8, 4) is 5.75 Å². The lowest BCUT2D eigenvalue weighted by Gasteiger charge is -2.27. The molecule has 4 nitrogen and oxygen atoms in total. The maximum Gasteiger partial charge on any atom is 0.338 e. The van der Waals surface area contributed by atoms with Gasteiger partial charge in [-0.15, -0.1) is 12.4 Å². The van der Waals surface area contributed by atoms with Crippen LogP contribution in [0.2, 0.25) is 0 Å². The van der Waals surface area contributed by atoms with E-state index in [1.54, 1.807) is 6.07 Å². The van der Waals surface area contributed by atoms with Crippen molar-refractivity contribution in [1.82, 2.24) is 4.90 Å². The number of rotatable bonds is 2. The van der Waals surface area contributed by atoms with E-state index in [-0.39, 0.29) is 18.4 Å². The SMILES string of the molecule is CCOC(=O)c1ccc2c(c1)C(=C1CCN(C)CC1)c1ccccc1CO2.Cl. The highest BCUT2D eigenvalue weighted by Gasteiger charge is 2.25. The molecular weight excluding hydrogens is 374 g/mol. The molecular formula is C23H26ClNO3. The van der Waals surface area contributed by atoms with E-state index in [4.69, 9.17) is 9.47 Å². The van der Waals surface area contributed by atoms with Crippen LogP contribution >= 0.6 is 12.4 Å². The van der Waals surface area contributed by atoms with Gasteiger partial charge in [-0.3, -0.25) is 0 Å². The van der Waals surface area contributed by atoms with Gasteiger partial charge in [0.1, 0.15) is 12.4 Å². The molecule has 0 spiro atoms. The summed E-state index contributed by atoms with van der Waals surface area (Å²) >= 11 is 0. The second kappa shape index (κ2) is 8.80. The van der Waals surface area contributed by atoms with E-state index in [1.165, 1.54) is 22.3 Å². The first-order valence-corrected chi connectivity index (χ1v) is 9.60. The van der Waals surface area contributed by atoms with E-state index in [2.05, 4.69) is 36.2 Å². The van der Waals surface area contributed by atoms with Gasteiger partial charge in [0.25, 0.3) is 0 Å². The summed E-state index contributed by atoms with van der Waals surface area (Å²) in [5, 5.41) is 0. The quantitative estimate of drug-likeness (QED) is 0.686. The molecule has 0 radical (unpaired) electrons. The molecule has 5 heteroatoms. The van der Waals surface area contributed by atoms with Gasteiger partial charge in [0, 0.05) is 18.7 Å². The zero-order valence-corrected chi connectivity index (χ0v) is 17.2. The van der Waals surface area contributed by atoms with Gasteiger partial charge in [-0.05, 0) is 61.7 Å². The molecule has 0 saturated carbocycles. The maximum absolute atomic E-state index is 12.3. The van der Waals surface area contributed by atoms with Crippen LogP contribution in [0, 0.1) is 0 Å². The molecule has 0 aliphatic carbocycles. The summed E-state index contributed by atoms with van der Waals surface area (Å²) in [6, 6.07) is 14.1. The van der Waals surface area contributed by atoms with Crippen molar-refractivity contribution in [3.05, 3.63) is 70.3 Å². The summed E-state index contributed by atoms with van der Waals surface area (Å²) in [7, 11) is 2.17. The van der Waals surface area contributed by atoms with Crippen LogP contribution in [0.25, 0.3) is 5.57 Å². The number of esters is 1. The third-order valence-electron chi connectivity index (χ3n) is 5.37. The van der Waals surface area contributed by atoms with E-state index in [1.807, 2.05) is 19.1 Å². The normalized spacial score (nSPS) is 16.2. The Kier molecular flexibility index (Phi) is 6.42. The van der Waals surface area contributed by atoms with Crippen LogP contribution in [0.1, 0.15) is 46.8 Å². The number of hydrogen-bond acceptors (Lipinski definition) is 4. The molecule has 2 aliphatic heterocycles. The molecule has 1 fully saturated rings. The highest BCUT2D eigenvalue weighted by molar-refractivity contribution is 5.94. The first-order chi connectivity index (χ1) is 13.2. The van der Waals surface area contributed by atoms with Gasteiger partial charge in [-0.2, -0.15) is 0 Å². The van der Waals surface area contributed by atoms with Crippen molar-refractivity contribution < 1.29 is 14.3 Å². The third kappa shape index (κ3) is 3.94. The van der Waals surface area contributed by atoms with Crippen molar-refractivity contribution in [2.24, 2.45) is 0 Å². The smallest absolute Gasteiger partial charge is 0.338 e. The highest BCUT2D eigenvalue weighted by Crippen LogP contribution is 2.41. The number of piperidine rings is 1. The van der Waals surface area contributed by atoms with Crippen LogP contribution in [0.4, 0.5) is 0 Å². The van der Waals surface area contributed by atoms with Gasteiger partial charge in [0.05, 0.1) is 12.2 Å². The number of benzene rings is 2. The Morgan fingerprint density at radius 1 is 1.11 bits per heavy atom. The molecule has 0 N–H and O–H groups in total. The monoisotopic (exact) mass is 399 g/mol. The fourth-order valence-electron chi connectivity index (χ4n) is 3.90. The van der Waals surface area contributed by atoms with Crippen LogP contribution in [-0.2, 0) is 11.3 Å². The summed E-state index contributed by atoms with van der Waals surface area (Å²) in [4.78, 5) is 14.7. The molecule has 1 saturated heterocycles. The van der Waals surface area contributed by atoms with E-state index < -0.39 is 0 Å². The molecule has 0 aromatic heterocycles. The van der Waals surface area contributed by atoms with E-state index in [0.717, 1.165) is 37.2 Å². The van der Waals surface area contributed by atoms with Gasteiger partial charge in [0.2, 0.25) is 0 Å². The second-order valence-corrected chi connectivity index (χ2v) is 7.16. The summed E-state index contributed by atoms with van der Waals surface area (Å²) in [6.07, 6.45) is 2.06. The maximum atomic E-state index is 12.3. The number of carbonyl (C=O) groups excluding carboxylic acids is 1. The van der Waals surface area contributed by atoms with E-state index in [9.17, 15) is 4.79 Å². The largest absolute Gasteiger partial charge is 0.488 e. The average molecular weight is 400 g/mol. The molecule has 148 valence electrons. The summed E-state index contributed by atoms with van der Waals surface area (Å²) in [5.74, 6) is 0.547. The molecule has 2 heterocycles. The topological polar surface area (TPSA) is 38.8 Å². The fraction of sp³-hybridized carbons (Fsp3) is 0.348. The third-order valence-corrected chi connectivity index (χ3v) is 5.37. The van der Waals surface area contributed by atoms with Crippen molar-refractivity contribution >= 4 is 23.9 Å². The minimum atomic E-state index is -0.287. The number of fused-ring (bicyclic) bond motifs is 2. The minimum absolute atomic E-state index is 0. The van der Waals surface area contributed by atoms with Crippen molar-refractivity contribution in [2.75, 3.05) is 26.7 Å². The molecule has 28 heavy (non-hydrogen) atoms. The predicted molar refractivity (Wildman–Crippen MR) is 113 cm³/mol.